The highest BCUT2D eigenvalue weighted by Crippen LogP contribution is 2.17. The predicted octanol–water partition coefficient (Wildman–Crippen LogP) is 0.346. The van der Waals surface area contributed by atoms with Crippen molar-refractivity contribution in [2.24, 2.45) is 0 Å². The number of aryl methyl sites for hydroxylation is 1. The molecule has 72 valence electrons. The lowest BCUT2D eigenvalue weighted by Crippen LogP contribution is -2.03. The molecule has 1 heterocycles. The molecule has 0 spiro atoms. The maximum atomic E-state index is 10.6. The van der Waals surface area contributed by atoms with Crippen molar-refractivity contribution >= 4 is 5.82 Å². The number of hydrogen-bond donors (Lipinski definition) is 1. The minimum Gasteiger partial charge on any atom is -0.396 e. The zero-order valence-corrected chi connectivity index (χ0v) is 7.30. The van der Waals surface area contributed by atoms with Crippen molar-refractivity contribution < 1.29 is 10.0 Å². The molecule has 0 radical (unpaired) electrons. The molecule has 6 heteroatoms. The second kappa shape index (κ2) is 3.99. The van der Waals surface area contributed by atoms with Gasteiger partial charge in [0.1, 0.15) is 5.69 Å². The second-order valence-electron chi connectivity index (χ2n) is 2.53. The van der Waals surface area contributed by atoms with Gasteiger partial charge in [0.25, 0.3) is 0 Å². The maximum Gasteiger partial charge on any atom is 0.345 e. The summed E-state index contributed by atoms with van der Waals surface area (Å²) in [6.07, 6.45) is 1.65. The normalized spacial score (nSPS) is 10.3. The summed E-state index contributed by atoms with van der Waals surface area (Å²) < 4.78 is 1.45. The highest BCUT2D eigenvalue weighted by Gasteiger charge is 2.19. The van der Waals surface area contributed by atoms with E-state index in [-0.39, 0.29) is 18.8 Å². The van der Waals surface area contributed by atoms with E-state index >= 15 is 0 Å². The summed E-state index contributed by atoms with van der Waals surface area (Å²) >= 11 is 0. The molecule has 0 bridgehead atoms. The van der Waals surface area contributed by atoms with Gasteiger partial charge in [-0.15, -0.1) is 0 Å². The minimum absolute atomic E-state index is 0.0171. The van der Waals surface area contributed by atoms with Crippen molar-refractivity contribution in [3.8, 4) is 0 Å². The zero-order chi connectivity index (χ0) is 9.84. The highest BCUT2D eigenvalue weighted by molar-refractivity contribution is 5.27. The van der Waals surface area contributed by atoms with E-state index in [1.54, 1.807) is 6.92 Å². The van der Waals surface area contributed by atoms with E-state index < -0.39 is 4.92 Å². The lowest BCUT2D eigenvalue weighted by molar-refractivity contribution is -0.392. The molecule has 0 saturated heterocycles. The molecule has 6 nitrogen and oxygen atoms in total. The van der Waals surface area contributed by atoms with Crippen LogP contribution in [0.15, 0.2) is 6.33 Å². The summed E-state index contributed by atoms with van der Waals surface area (Å²) in [5.74, 6) is -0.0171. The van der Waals surface area contributed by atoms with Crippen molar-refractivity contribution in [1.82, 2.24) is 9.55 Å². The molecule has 1 aromatic heterocycles. The first-order valence-corrected chi connectivity index (χ1v) is 4.00. The van der Waals surface area contributed by atoms with Crippen LogP contribution in [0.25, 0.3) is 0 Å². The molecule has 13 heavy (non-hydrogen) atoms. The fourth-order valence-corrected chi connectivity index (χ4v) is 1.14. The van der Waals surface area contributed by atoms with Gasteiger partial charge in [-0.3, -0.25) is 0 Å². The molecule has 0 aliphatic heterocycles. The van der Waals surface area contributed by atoms with Gasteiger partial charge in [-0.2, -0.15) is 0 Å². The Morgan fingerprint density at radius 2 is 2.46 bits per heavy atom. The van der Waals surface area contributed by atoms with E-state index in [9.17, 15) is 10.1 Å². The summed E-state index contributed by atoms with van der Waals surface area (Å²) in [5.41, 5.74) is 0.342. The Morgan fingerprint density at radius 3 is 2.92 bits per heavy atom. The number of nitrogens with zero attached hydrogens (tertiary/aromatic N) is 3. The van der Waals surface area contributed by atoms with Crippen molar-refractivity contribution in [2.45, 2.75) is 19.9 Å². The van der Waals surface area contributed by atoms with Crippen LogP contribution in [0.1, 0.15) is 12.6 Å². The summed E-state index contributed by atoms with van der Waals surface area (Å²) in [6.45, 7) is 2.19. The third-order valence-corrected chi connectivity index (χ3v) is 1.75. The number of rotatable bonds is 4. The number of aliphatic hydroxyl groups is 1. The van der Waals surface area contributed by atoms with Crippen LogP contribution in [0, 0.1) is 10.1 Å². The SMILES string of the molecule is CCn1cnc(CCO)c1[N+](=O)[O-]. The third kappa shape index (κ3) is 1.83. The number of hydrogen-bond acceptors (Lipinski definition) is 4. The van der Waals surface area contributed by atoms with Crippen molar-refractivity contribution in [1.29, 1.82) is 0 Å². The molecule has 1 N–H and O–H groups in total. The molecule has 0 atom stereocenters. The van der Waals surface area contributed by atoms with Gasteiger partial charge in [0, 0.05) is 13.0 Å². The smallest absolute Gasteiger partial charge is 0.345 e. The Hall–Kier alpha value is -1.43. The van der Waals surface area contributed by atoms with Gasteiger partial charge in [0.05, 0.1) is 6.54 Å². The van der Waals surface area contributed by atoms with E-state index in [2.05, 4.69) is 4.98 Å². The molecule has 0 amide bonds. The Labute approximate surface area is 75.0 Å². The fourth-order valence-electron chi connectivity index (χ4n) is 1.14. The van der Waals surface area contributed by atoms with Crippen molar-refractivity contribution in [3.05, 3.63) is 22.1 Å². The van der Waals surface area contributed by atoms with Gasteiger partial charge < -0.3 is 15.2 Å². The van der Waals surface area contributed by atoms with Crippen molar-refractivity contribution in [3.63, 3.8) is 0 Å². The molecule has 0 aliphatic rings. The second-order valence-corrected chi connectivity index (χ2v) is 2.53. The molecular weight excluding hydrogens is 174 g/mol. The van der Waals surface area contributed by atoms with Gasteiger partial charge in [-0.25, -0.2) is 9.55 Å². The zero-order valence-electron chi connectivity index (χ0n) is 7.30. The number of imidazole rings is 1. The first-order chi connectivity index (χ1) is 6.20. The van der Waals surface area contributed by atoms with Crippen LogP contribution >= 0.6 is 0 Å². The molecule has 1 aromatic rings. The molecule has 1 rings (SSSR count). The first-order valence-electron chi connectivity index (χ1n) is 4.00. The maximum absolute atomic E-state index is 10.6. The quantitative estimate of drug-likeness (QED) is 0.542. The summed E-state index contributed by atoms with van der Waals surface area (Å²) in [4.78, 5) is 14.0. The molecule has 0 unspecified atom stereocenters. The van der Waals surface area contributed by atoms with Crippen LogP contribution in [0.2, 0.25) is 0 Å². The van der Waals surface area contributed by atoms with Crippen molar-refractivity contribution in [2.75, 3.05) is 6.61 Å². The van der Waals surface area contributed by atoms with Gasteiger partial charge in [0.2, 0.25) is 0 Å². The van der Waals surface area contributed by atoms with Crippen LogP contribution < -0.4 is 0 Å². The van der Waals surface area contributed by atoms with Crippen LogP contribution in [-0.4, -0.2) is 26.2 Å². The summed E-state index contributed by atoms with van der Waals surface area (Å²) in [5, 5.41) is 19.2. The lowest BCUT2D eigenvalue weighted by Gasteiger charge is -1.98. The van der Waals surface area contributed by atoms with E-state index in [1.165, 1.54) is 10.9 Å². The predicted molar refractivity (Wildman–Crippen MR) is 45.3 cm³/mol. The molecule has 0 aliphatic carbocycles. The topological polar surface area (TPSA) is 81.2 Å². The first kappa shape index (κ1) is 9.66. The van der Waals surface area contributed by atoms with Gasteiger partial charge in [0.15, 0.2) is 6.33 Å². The van der Waals surface area contributed by atoms with E-state index in [4.69, 9.17) is 5.11 Å². The minimum atomic E-state index is -0.471. The Balaban J connectivity index is 3.06. The van der Waals surface area contributed by atoms with Crippen LogP contribution in [-0.2, 0) is 13.0 Å². The largest absolute Gasteiger partial charge is 0.396 e. The highest BCUT2D eigenvalue weighted by atomic mass is 16.6. The van der Waals surface area contributed by atoms with Crippen LogP contribution in [0.5, 0.6) is 0 Å². The number of aliphatic hydroxyl groups excluding tert-OH is 1. The third-order valence-electron chi connectivity index (χ3n) is 1.75. The standard InChI is InChI=1S/C7H11N3O3/c1-2-9-5-8-6(3-4-11)7(9)10(12)13/h5,11H,2-4H2,1H3. The van der Waals surface area contributed by atoms with E-state index in [1.807, 2.05) is 0 Å². The van der Waals surface area contributed by atoms with Gasteiger partial charge in [-0.1, -0.05) is 0 Å². The van der Waals surface area contributed by atoms with Gasteiger partial charge in [-0.05, 0) is 11.8 Å². The Kier molecular flexibility index (Phi) is 2.97. The number of nitro groups is 1. The molecule has 0 aromatic carbocycles. The summed E-state index contributed by atoms with van der Waals surface area (Å²) in [6, 6.07) is 0. The molecule has 0 fully saturated rings. The van der Waals surface area contributed by atoms with Crippen LogP contribution in [0.3, 0.4) is 0 Å². The Morgan fingerprint density at radius 1 is 1.77 bits per heavy atom. The summed E-state index contributed by atoms with van der Waals surface area (Å²) in [7, 11) is 0. The Bertz CT molecular complexity index is 308. The molecule has 0 saturated carbocycles. The average molecular weight is 185 g/mol. The van der Waals surface area contributed by atoms with Crippen LogP contribution in [0.4, 0.5) is 5.82 Å². The van der Waals surface area contributed by atoms with E-state index in [0.29, 0.717) is 12.2 Å². The number of aromatic nitrogens is 2. The molecular formula is C7H11N3O3. The monoisotopic (exact) mass is 185 g/mol. The van der Waals surface area contributed by atoms with Gasteiger partial charge >= 0.3 is 5.82 Å². The van der Waals surface area contributed by atoms with E-state index in [0.717, 1.165) is 0 Å². The fraction of sp³-hybridized carbons (Fsp3) is 0.571. The average Bonchev–Trinajstić information content (AvgIpc) is 2.48. The lowest BCUT2D eigenvalue weighted by atomic mass is 10.3.